The minimum absolute atomic E-state index is 0.0757. The molecule has 0 rings (SSSR count). The van der Waals surface area contributed by atoms with Gasteiger partial charge in [-0.05, 0) is 0 Å². The summed E-state index contributed by atoms with van der Waals surface area (Å²) in [5.74, 6) is -2.25. The first-order valence-corrected chi connectivity index (χ1v) is 3.97. The zero-order valence-corrected chi connectivity index (χ0v) is 7.82. The Labute approximate surface area is 77.2 Å². The fourth-order valence-corrected chi connectivity index (χ4v) is 0.813. The first-order valence-electron chi connectivity index (χ1n) is 3.97. The van der Waals surface area contributed by atoms with E-state index in [1.54, 1.807) is 6.92 Å². The molecule has 4 nitrogen and oxygen atoms in total. The van der Waals surface area contributed by atoms with E-state index in [1.165, 1.54) is 13.0 Å². The second kappa shape index (κ2) is 5.35. The monoisotopic (exact) mass is 186 g/mol. The highest BCUT2D eigenvalue weighted by Gasteiger charge is 2.21. The van der Waals surface area contributed by atoms with Crippen LogP contribution in [0.15, 0.2) is 12.7 Å². The van der Waals surface area contributed by atoms with E-state index in [0.29, 0.717) is 0 Å². The van der Waals surface area contributed by atoms with Crippen LogP contribution in [0.5, 0.6) is 0 Å². The van der Waals surface area contributed by atoms with Crippen LogP contribution in [0.25, 0.3) is 0 Å². The lowest BCUT2D eigenvalue weighted by Crippen LogP contribution is -2.23. The van der Waals surface area contributed by atoms with Crippen molar-refractivity contribution in [3.05, 3.63) is 12.7 Å². The molecule has 1 N–H and O–H groups in total. The van der Waals surface area contributed by atoms with Gasteiger partial charge in [0.1, 0.15) is 0 Å². The van der Waals surface area contributed by atoms with Crippen LogP contribution in [-0.2, 0) is 14.3 Å². The molecule has 0 radical (unpaired) electrons. The fraction of sp³-hybridized carbons (Fsp3) is 0.556. The van der Waals surface area contributed by atoms with Gasteiger partial charge in [-0.25, -0.2) is 0 Å². The summed E-state index contributed by atoms with van der Waals surface area (Å²) in [5, 5.41) is 8.66. The third-order valence-electron chi connectivity index (χ3n) is 1.81. The van der Waals surface area contributed by atoms with Gasteiger partial charge >= 0.3 is 11.9 Å². The molecule has 0 aromatic heterocycles. The van der Waals surface area contributed by atoms with Crippen molar-refractivity contribution in [3.63, 3.8) is 0 Å². The predicted octanol–water partition coefficient (Wildman–Crippen LogP) is 1.07. The van der Waals surface area contributed by atoms with Gasteiger partial charge in [0.15, 0.2) is 0 Å². The molecule has 74 valence electrons. The number of aliphatic carboxylic acids is 1. The van der Waals surface area contributed by atoms with Crippen LogP contribution >= 0.6 is 0 Å². The molecule has 0 heterocycles. The number of carbonyl (C=O) groups excluding carboxylic acids is 1. The third-order valence-corrected chi connectivity index (χ3v) is 1.81. The highest BCUT2D eigenvalue weighted by atomic mass is 16.5. The normalized spacial score (nSPS) is 14.3. The minimum atomic E-state index is -0.919. The van der Waals surface area contributed by atoms with E-state index in [1.807, 2.05) is 0 Å². The van der Waals surface area contributed by atoms with Crippen molar-refractivity contribution in [2.45, 2.75) is 13.8 Å². The Balaban J connectivity index is 4.09. The van der Waals surface area contributed by atoms with Gasteiger partial charge < -0.3 is 9.84 Å². The first-order chi connectivity index (χ1) is 5.99. The van der Waals surface area contributed by atoms with E-state index in [0.717, 1.165) is 0 Å². The van der Waals surface area contributed by atoms with Crippen LogP contribution in [-0.4, -0.2) is 23.7 Å². The summed E-state index contributed by atoms with van der Waals surface area (Å²) in [6.45, 7) is 6.40. The maximum atomic E-state index is 10.6. The molecule has 0 fully saturated rings. The molecule has 0 saturated heterocycles. The molecule has 0 aromatic carbocycles. The van der Waals surface area contributed by atoms with Crippen molar-refractivity contribution in [2.75, 3.05) is 6.61 Å². The summed E-state index contributed by atoms with van der Waals surface area (Å²) >= 11 is 0. The molecule has 0 aliphatic rings. The summed E-state index contributed by atoms with van der Waals surface area (Å²) in [5.41, 5.74) is 0. The van der Waals surface area contributed by atoms with E-state index in [9.17, 15) is 9.59 Å². The number of carboxylic acid groups (broad SMARTS) is 1. The Morgan fingerprint density at radius 2 is 2.15 bits per heavy atom. The van der Waals surface area contributed by atoms with E-state index < -0.39 is 17.9 Å². The van der Waals surface area contributed by atoms with Crippen LogP contribution in [0.2, 0.25) is 0 Å². The number of hydrogen-bond acceptors (Lipinski definition) is 3. The molecular weight excluding hydrogens is 172 g/mol. The van der Waals surface area contributed by atoms with Crippen molar-refractivity contribution >= 4 is 11.9 Å². The van der Waals surface area contributed by atoms with Gasteiger partial charge in [0, 0.05) is 12.8 Å². The Morgan fingerprint density at radius 3 is 2.46 bits per heavy atom. The van der Waals surface area contributed by atoms with E-state index in [-0.39, 0.29) is 12.5 Å². The lowest BCUT2D eigenvalue weighted by Gasteiger charge is -2.15. The maximum Gasteiger partial charge on any atom is 0.306 e. The molecule has 13 heavy (non-hydrogen) atoms. The van der Waals surface area contributed by atoms with Crippen molar-refractivity contribution in [3.8, 4) is 0 Å². The molecule has 2 atom stereocenters. The average molecular weight is 186 g/mol. The Hall–Kier alpha value is -1.32. The second-order valence-corrected chi connectivity index (χ2v) is 2.83. The van der Waals surface area contributed by atoms with Crippen molar-refractivity contribution < 1.29 is 19.4 Å². The number of rotatable bonds is 5. The zero-order valence-electron chi connectivity index (χ0n) is 7.82. The van der Waals surface area contributed by atoms with Gasteiger partial charge in [-0.3, -0.25) is 9.59 Å². The van der Waals surface area contributed by atoms with Crippen LogP contribution in [0, 0.1) is 11.8 Å². The van der Waals surface area contributed by atoms with Crippen LogP contribution in [0.4, 0.5) is 0 Å². The fourth-order valence-electron chi connectivity index (χ4n) is 0.813. The van der Waals surface area contributed by atoms with Gasteiger partial charge in [-0.2, -0.15) is 0 Å². The number of hydrogen-bond donors (Lipinski definition) is 1. The van der Waals surface area contributed by atoms with Crippen molar-refractivity contribution in [1.82, 2.24) is 0 Å². The largest absolute Gasteiger partial charge is 0.481 e. The standard InChI is InChI=1S/C9H14O4/c1-4-8(5-13-7(3)10)6(2)9(11)12/h4,6,8H,1,5H2,2-3H3,(H,11,12). The third kappa shape index (κ3) is 4.30. The Bertz CT molecular complexity index is 210. The summed E-state index contributed by atoms with van der Waals surface area (Å²) < 4.78 is 4.69. The highest BCUT2D eigenvalue weighted by Crippen LogP contribution is 2.13. The Morgan fingerprint density at radius 1 is 1.62 bits per heavy atom. The number of carboxylic acids is 1. The number of esters is 1. The van der Waals surface area contributed by atoms with E-state index in [4.69, 9.17) is 9.84 Å². The van der Waals surface area contributed by atoms with Crippen LogP contribution in [0.3, 0.4) is 0 Å². The zero-order chi connectivity index (χ0) is 10.4. The number of ether oxygens (including phenoxy) is 1. The number of carbonyl (C=O) groups is 2. The van der Waals surface area contributed by atoms with Gasteiger partial charge in [-0.15, -0.1) is 6.58 Å². The van der Waals surface area contributed by atoms with E-state index >= 15 is 0 Å². The van der Waals surface area contributed by atoms with Crippen LogP contribution < -0.4 is 0 Å². The van der Waals surface area contributed by atoms with Crippen LogP contribution in [0.1, 0.15) is 13.8 Å². The molecule has 0 aliphatic heterocycles. The second-order valence-electron chi connectivity index (χ2n) is 2.83. The van der Waals surface area contributed by atoms with Gasteiger partial charge in [-0.1, -0.05) is 13.0 Å². The van der Waals surface area contributed by atoms with Crippen molar-refractivity contribution in [2.24, 2.45) is 11.8 Å². The summed E-state index contributed by atoms with van der Waals surface area (Å²) in [6, 6.07) is 0. The molecule has 0 bridgehead atoms. The molecule has 0 aromatic rings. The van der Waals surface area contributed by atoms with Crippen molar-refractivity contribution in [1.29, 1.82) is 0 Å². The first kappa shape index (κ1) is 11.7. The molecule has 0 saturated carbocycles. The highest BCUT2D eigenvalue weighted by molar-refractivity contribution is 5.70. The van der Waals surface area contributed by atoms with E-state index in [2.05, 4.69) is 6.58 Å². The SMILES string of the molecule is C=CC(COC(C)=O)C(C)C(=O)O. The lowest BCUT2D eigenvalue weighted by molar-refractivity contribution is -0.148. The summed E-state index contributed by atoms with van der Waals surface area (Å²) in [4.78, 5) is 21.0. The quantitative estimate of drug-likeness (QED) is 0.515. The van der Waals surface area contributed by atoms with Gasteiger partial charge in [0.05, 0.1) is 12.5 Å². The van der Waals surface area contributed by atoms with Gasteiger partial charge in [0.2, 0.25) is 0 Å². The molecule has 0 amide bonds. The molecule has 0 spiro atoms. The minimum Gasteiger partial charge on any atom is -0.481 e. The molecule has 2 unspecified atom stereocenters. The smallest absolute Gasteiger partial charge is 0.306 e. The molecule has 0 aliphatic carbocycles. The molecule has 4 heteroatoms. The molecular formula is C9H14O4. The lowest BCUT2D eigenvalue weighted by atomic mass is 9.95. The van der Waals surface area contributed by atoms with Gasteiger partial charge in [0.25, 0.3) is 0 Å². The summed E-state index contributed by atoms with van der Waals surface area (Å²) in [6.07, 6.45) is 1.49. The topological polar surface area (TPSA) is 63.6 Å². The Kier molecular flexibility index (Phi) is 4.80. The summed E-state index contributed by atoms with van der Waals surface area (Å²) in [7, 11) is 0. The maximum absolute atomic E-state index is 10.6. The average Bonchev–Trinajstić information content (AvgIpc) is 2.04. The predicted molar refractivity (Wildman–Crippen MR) is 47.1 cm³/mol.